The maximum Gasteiger partial charge on any atom is 0.277 e. The van der Waals surface area contributed by atoms with Crippen molar-refractivity contribution in [2.24, 2.45) is 5.10 Å². The fourth-order valence-electron chi connectivity index (χ4n) is 3.11. The number of carbonyl (C=O) groups is 1. The van der Waals surface area contributed by atoms with Gasteiger partial charge in [-0.15, -0.1) is 0 Å². The molecule has 0 bridgehead atoms. The zero-order valence-electron chi connectivity index (χ0n) is 16.9. The van der Waals surface area contributed by atoms with Gasteiger partial charge in [0.25, 0.3) is 5.91 Å². The van der Waals surface area contributed by atoms with Gasteiger partial charge in [0.15, 0.2) is 6.61 Å². The molecule has 31 heavy (non-hydrogen) atoms. The van der Waals surface area contributed by atoms with Crippen molar-refractivity contribution in [3.05, 3.63) is 120 Å². The minimum atomic E-state index is -0.324. The van der Waals surface area contributed by atoms with Crippen LogP contribution in [0, 0.1) is 0 Å². The number of nitrogens with one attached hydrogen (secondary N) is 1. The van der Waals surface area contributed by atoms with E-state index in [1.54, 1.807) is 0 Å². The van der Waals surface area contributed by atoms with Gasteiger partial charge >= 0.3 is 0 Å². The van der Waals surface area contributed by atoms with Crippen molar-refractivity contribution >= 4 is 28.5 Å². The molecule has 0 fully saturated rings. The van der Waals surface area contributed by atoms with Crippen LogP contribution in [0.5, 0.6) is 5.75 Å². The Morgan fingerprint density at radius 3 is 2.26 bits per heavy atom. The minimum absolute atomic E-state index is 0.119. The summed E-state index contributed by atoms with van der Waals surface area (Å²) >= 11 is 0. The molecule has 0 saturated carbocycles. The van der Waals surface area contributed by atoms with Gasteiger partial charge in [-0.2, -0.15) is 5.10 Å². The molecule has 0 saturated heterocycles. The van der Waals surface area contributed by atoms with Gasteiger partial charge in [-0.3, -0.25) is 4.79 Å². The molecule has 0 heterocycles. The van der Waals surface area contributed by atoms with Crippen LogP contribution in [0.15, 0.2) is 114 Å². The molecule has 0 spiro atoms. The molecule has 4 aromatic carbocycles. The van der Waals surface area contributed by atoms with Gasteiger partial charge in [0.1, 0.15) is 5.75 Å². The summed E-state index contributed by atoms with van der Waals surface area (Å²) in [5, 5.41) is 6.51. The average Bonchev–Trinajstić information content (AvgIpc) is 2.84. The van der Waals surface area contributed by atoms with E-state index in [-0.39, 0.29) is 12.5 Å². The first-order valence-electron chi connectivity index (χ1n) is 10.0. The highest BCUT2D eigenvalue weighted by Gasteiger charge is 2.05. The highest BCUT2D eigenvalue weighted by Crippen LogP contribution is 2.20. The van der Waals surface area contributed by atoms with Crippen molar-refractivity contribution < 1.29 is 9.53 Å². The van der Waals surface area contributed by atoms with Gasteiger partial charge in [-0.05, 0) is 34.5 Å². The Morgan fingerprint density at radius 1 is 0.806 bits per heavy atom. The van der Waals surface area contributed by atoms with E-state index >= 15 is 0 Å². The number of carbonyl (C=O) groups excluding carboxylic acids is 1. The summed E-state index contributed by atoms with van der Waals surface area (Å²) in [6.45, 7) is -0.119. The van der Waals surface area contributed by atoms with E-state index in [2.05, 4.69) is 10.5 Å². The Balaban J connectivity index is 1.43. The third kappa shape index (κ3) is 5.67. The number of rotatable bonds is 7. The second-order valence-corrected chi connectivity index (χ2v) is 6.94. The quantitative estimate of drug-likeness (QED) is 0.328. The van der Waals surface area contributed by atoms with Gasteiger partial charge < -0.3 is 4.74 Å². The van der Waals surface area contributed by atoms with Crippen LogP contribution in [-0.4, -0.2) is 18.2 Å². The molecular weight excluding hydrogens is 384 g/mol. The monoisotopic (exact) mass is 406 g/mol. The number of amides is 1. The van der Waals surface area contributed by atoms with Gasteiger partial charge in [-0.1, -0.05) is 97.1 Å². The zero-order valence-corrected chi connectivity index (χ0v) is 16.9. The lowest BCUT2D eigenvalue weighted by atomic mass is 10.1. The maximum absolute atomic E-state index is 12.3. The third-order valence-electron chi connectivity index (χ3n) is 4.69. The molecule has 4 aromatic rings. The number of fused-ring (bicyclic) bond motifs is 1. The summed E-state index contributed by atoms with van der Waals surface area (Å²) in [7, 11) is 0. The number of hydrazone groups is 1. The highest BCUT2D eigenvalue weighted by atomic mass is 16.5. The molecule has 4 heteroatoms. The SMILES string of the molecule is O=C(COc1ccc2ccccc2c1)NN=C(C=Cc1ccccc1)c1ccccc1. The second-order valence-electron chi connectivity index (χ2n) is 6.94. The first kappa shape index (κ1) is 20.1. The molecule has 0 aromatic heterocycles. The summed E-state index contributed by atoms with van der Waals surface area (Å²) in [5.74, 6) is 0.319. The first-order chi connectivity index (χ1) is 15.3. The van der Waals surface area contributed by atoms with E-state index in [9.17, 15) is 4.79 Å². The average molecular weight is 406 g/mol. The first-order valence-corrected chi connectivity index (χ1v) is 10.0. The van der Waals surface area contributed by atoms with Crippen molar-refractivity contribution in [3.63, 3.8) is 0 Å². The minimum Gasteiger partial charge on any atom is -0.484 e. The third-order valence-corrected chi connectivity index (χ3v) is 4.69. The summed E-state index contributed by atoms with van der Waals surface area (Å²) in [6, 6.07) is 33.4. The second kappa shape index (κ2) is 10.0. The van der Waals surface area contributed by atoms with Crippen LogP contribution < -0.4 is 10.2 Å². The molecule has 0 aliphatic heterocycles. The molecular formula is C27H22N2O2. The predicted molar refractivity (Wildman–Crippen MR) is 126 cm³/mol. The fraction of sp³-hybridized carbons (Fsp3) is 0.0370. The molecule has 1 amide bonds. The van der Waals surface area contributed by atoms with E-state index < -0.39 is 0 Å². The topological polar surface area (TPSA) is 50.7 Å². The molecule has 0 atom stereocenters. The molecule has 152 valence electrons. The number of hydrogen-bond acceptors (Lipinski definition) is 3. The summed E-state index contributed by atoms with van der Waals surface area (Å²) in [5.41, 5.74) is 5.21. The van der Waals surface area contributed by atoms with Crippen LogP contribution in [-0.2, 0) is 4.79 Å². The van der Waals surface area contributed by atoms with Crippen molar-refractivity contribution in [2.45, 2.75) is 0 Å². The smallest absolute Gasteiger partial charge is 0.277 e. The predicted octanol–water partition coefficient (Wildman–Crippen LogP) is 5.45. The van der Waals surface area contributed by atoms with Crippen molar-refractivity contribution in [3.8, 4) is 5.75 Å². The lowest BCUT2D eigenvalue weighted by Gasteiger charge is -2.07. The van der Waals surface area contributed by atoms with Gasteiger partial charge in [-0.25, -0.2) is 5.43 Å². The maximum atomic E-state index is 12.3. The van der Waals surface area contributed by atoms with E-state index in [1.165, 1.54) is 0 Å². The highest BCUT2D eigenvalue weighted by molar-refractivity contribution is 6.11. The Labute approximate surface area is 181 Å². The van der Waals surface area contributed by atoms with Crippen LogP contribution in [0.3, 0.4) is 0 Å². The number of allylic oxidation sites excluding steroid dienone is 1. The van der Waals surface area contributed by atoms with Crippen LogP contribution in [0.2, 0.25) is 0 Å². The van der Waals surface area contributed by atoms with E-state index in [1.807, 2.05) is 115 Å². The van der Waals surface area contributed by atoms with Crippen LogP contribution in [0.4, 0.5) is 0 Å². The molecule has 0 aliphatic carbocycles. The molecule has 1 N–H and O–H groups in total. The van der Waals surface area contributed by atoms with Crippen molar-refractivity contribution in [2.75, 3.05) is 6.61 Å². The largest absolute Gasteiger partial charge is 0.484 e. The Hall–Kier alpha value is -4.18. The van der Waals surface area contributed by atoms with Crippen molar-refractivity contribution in [1.82, 2.24) is 5.43 Å². The fourth-order valence-corrected chi connectivity index (χ4v) is 3.11. The van der Waals surface area contributed by atoms with Gasteiger partial charge in [0.2, 0.25) is 0 Å². The van der Waals surface area contributed by atoms with Crippen LogP contribution in [0.25, 0.3) is 16.8 Å². The van der Waals surface area contributed by atoms with Crippen LogP contribution >= 0.6 is 0 Å². The number of ether oxygens (including phenoxy) is 1. The molecule has 4 rings (SSSR count). The lowest BCUT2D eigenvalue weighted by Crippen LogP contribution is -2.25. The number of benzene rings is 4. The van der Waals surface area contributed by atoms with E-state index in [0.29, 0.717) is 11.5 Å². The standard InChI is InChI=1S/C27H22N2O2/c30-27(20-31-25-17-16-22-11-7-8-14-24(22)19-25)29-28-26(23-12-5-2-6-13-23)18-15-21-9-3-1-4-10-21/h1-19H,20H2,(H,29,30). The Bertz CT molecular complexity index is 1220. The Kier molecular flexibility index (Phi) is 6.51. The normalized spacial score (nSPS) is 11.5. The van der Waals surface area contributed by atoms with E-state index in [0.717, 1.165) is 21.9 Å². The van der Waals surface area contributed by atoms with Crippen molar-refractivity contribution in [1.29, 1.82) is 0 Å². The summed E-state index contributed by atoms with van der Waals surface area (Å²) in [6.07, 6.45) is 3.85. The molecule has 0 radical (unpaired) electrons. The Morgan fingerprint density at radius 2 is 1.48 bits per heavy atom. The zero-order chi connectivity index (χ0) is 21.3. The summed E-state index contributed by atoms with van der Waals surface area (Å²) in [4.78, 5) is 12.3. The van der Waals surface area contributed by atoms with E-state index in [4.69, 9.17) is 4.74 Å². The molecule has 0 aliphatic rings. The molecule has 4 nitrogen and oxygen atoms in total. The van der Waals surface area contributed by atoms with Gasteiger partial charge in [0, 0.05) is 5.56 Å². The number of nitrogens with zero attached hydrogens (tertiary/aromatic N) is 1. The number of hydrogen-bond donors (Lipinski definition) is 1. The molecule has 0 unspecified atom stereocenters. The lowest BCUT2D eigenvalue weighted by molar-refractivity contribution is -0.123. The van der Waals surface area contributed by atoms with Gasteiger partial charge in [0.05, 0.1) is 5.71 Å². The van der Waals surface area contributed by atoms with Crippen LogP contribution in [0.1, 0.15) is 11.1 Å². The summed E-state index contributed by atoms with van der Waals surface area (Å²) < 4.78 is 5.64.